The van der Waals surface area contributed by atoms with Gasteiger partial charge >= 0.3 is 6.09 Å². The number of hydrogen-bond acceptors (Lipinski definition) is 6. The van der Waals surface area contributed by atoms with Gasteiger partial charge in [0.25, 0.3) is 5.91 Å². The third-order valence-electron chi connectivity index (χ3n) is 6.73. The van der Waals surface area contributed by atoms with Crippen LogP contribution >= 0.6 is 0 Å². The van der Waals surface area contributed by atoms with Gasteiger partial charge in [0.1, 0.15) is 17.5 Å². The molecule has 9 nitrogen and oxygen atoms in total. The maximum atomic E-state index is 13.2. The Hall–Kier alpha value is -4.39. The van der Waals surface area contributed by atoms with Crippen LogP contribution in [0.2, 0.25) is 0 Å². The van der Waals surface area contributed by atoms with Crippen LogP contribution in [-0.2, 0) is 17.6 Å². The van der Waals surface area contributed by atoms with Gasteiger partial charge in [-0.1, -0.05) is 24.3 Å². The number of piperidine rings is 1. The largest absolute Gasteiger partial charge is 0.445 e. The zero-order chi connectivity index (χ0) is 25.2. The van der Waals surface area contributed by atoms with Crippen LogP contribution in [0.4, 0.5) is 20.7 Å². The molecule has 0 spiro atoms. The summed E-state index contributed by atoms with van der Waals surface area (Å²) in [7, 11) is 0. The Morgan fingerprint density at radius 2 is 1.83 bits per heavy atom. The molecule has 0 radical (unpaired) electrons. The molecule has 184 valence electrons. The number of rotatable bonds is 5. The fourth-order valence-electron chi connectivity index (χ4n) is 4.87. The van der Waals surface area contributed by atoms with Crippen molar-refractivity contribution in [3.63, 3.8) is 0 Å². The number of aromatic nitrogens is 2. The number of nitriles is 1. The summed E-state index contributed by atoms with van der Waals surface area (Å²) in [6, 6.07) is 15.6. The summed E-state index contributed by atoms with van der Waals surface area (Å²) in [5, 5.41) is 17.3. The van der Waals surface area contributed by atoms with Crippen molar-refractivity contribution in [3.8, 4) is 6.07 Å². The number of anilines is 2. The Balaban J connectivity index is 1.26. The molecule has 2 aromatic carbocycles. The number of fused-ring (bicyclic) bond motifs is 1. The molecule has 1 aromatic heterocycles. The van der Waals surface area contributed by atoms with Crippen molar-refractivity contribution in [2.75, 3.05) is 18.4 Å². The standard InChI is InChI=1S/C26H25FN6O3/c27-19-5-7-20(8-6-19)30-25-22(24(29)34)15-33(31-25)23-9-10-32(14-18(23)13-28)26(35)36-21-11-16-3-1-2-4-17(16)12-21/h1-8,15,18,21,23H,9-12,14H2,(H2,29,34)(H,30,31). The van der Waals surface area contributed by atoms with E-state index in [1.807, 2.05) is 24.3 Å². The SMILES string of the molecule is N#CC1CN(C(=O)OC2Cc3ccccc3C2)CCC1n1cc(C(N)=O)c(Nc2ccc(F)cc2)n1. The molecule has 3 aromatic rings. The van der Waals surface area contributed by atoms with Crippen molar-refractivity contribution >= 4 is 23.5 Å². The number of amides is 2. The molecule has 2 amide bonds. The highest BCUT2D eigenvalue weighted by Crippen LogP contribution is 2.31. The minimum absolute atomic E-state index is 0.152. The molecule has 1 fully saturated rings. The molecule has 10 heteroatoms. The second-order valence-electron chi connectivity index (χ2n) is 9.09. The van der Waals surface area contributed by atoms with Gasteiger partial charge in [0.05, 0.1) is 18.0 Å². The molecule has 2 unspecified atom stereocenters. The Kier molecular flexibility index (Phi) is 6.29. The van der Waals surface area contributed by atoms with E-state index >= 15 is 0 Å². The third-order valence-corrected chi connectivity index (χ3v) is 6.73. The lowest BCUT2D eigenvalue weighted by Gasteiger charge is -2.35. The van der Waals surface area contributed by atoms with E-state index in [9.17, 15) is 19.2 Å². The molecule has 5 rings (SSSR count). The lowest BCUT2D eigenvalue weighted by Crippen LogP contribution is -2.45. The van der Waals surface area contributed by atoms with Gasteiger partial charge in [-0.25, -0.2) is 9.18 Å². The number of nitrogens with one attached hydrogen (secondary N) is 1. The molecule has 2 atom stereocenters. The van der Waals surface area contributed by atoms with E-state index in [2.05, 4.69) is 16.5 Å². The fraction of sp³-hybridized carbons (Fsp3) is 0.308. The van der Waals surface area contributed by atoms with Crippen molar-refractivity contribution in [3.05, 3.63) is 77.2 Å². The monoisotopic (exact) mass is 488 g/mol. The van der Waals surface area contributed by atoms with Crippen LogP contribution in [0, 0.1) is 23.1 Å². The molecule has 0 bridgehead atoms. The topological polar surface area (TPSA) is 126 Å². The second kappa shape index (κ2) is 9.70. The Labute approximate surface area is 207 Å². The number of nitrogens with zero attached hydrogens (tertiary/aromatic N) is 4. The molecule has 2 aliphatic rings. The number of carbonyl (C=O) groups excluding carboxylic acids is 2. The summed E-state index contributed by atoms with van der Waals surface area (Å²) in [5.74, 6) is -1.42. The summed E-state index contributed by atoms with van der Waals surface area (Å²) in [6.07, 6.45) is 2.70. The minimum Gasteiger partial charge on any atom is -0.445 e. The molecule has 0 saturated carbocycles. The molecule has 36 heavy (non-hydrogen) atoms. The van der Waals surface area contributed by atoms with Crippen LogP contribution < -0.4 is 11.1 Å². The Morgan fingerprint density at radius 1 is 1.14 bits per heavy atom. The second-order valence-corrected chi connectivity index (χ2v) is 9.09. The first-order valence-corrected chi connectivity index (χ1v) is 11.7. The van der Waals surface area contributed by atoms with Gasteiger partial charge in [0, 0.05) is 37.8 Å². The van der Waals surface area contributed by atoms with Crippen molar-refractivity contribution in [2.24, 2.45) is 11.7 Å². The van der Waals surface area contributed by atoms with Gasteiger partial charge in [-0.3, -0.25) is 9.48 Å². The number of ether oxygens (including phenoxy) is 1. The average Bonchev–Trinajstić information content (AvgIpc) is 3.48. The molecule has 3 N–H and O–H groups in total. The highest BCUT2D eigenvalue weighted by atomic mass is 19.1. The molecule has 2 heterocycles. The summed E-state index contributed by atoms with van der Waals surface area (Å²) < 4.78 is 20.5. The maximum Gasteiger partial charge on any atom is 0.410 e. The van der Waals surface area contributed by atoms with Crippen LogP contribution in [-0.4, -0.2) is 45.9 Å². The molecular weight excluding hydrogens is 463 g/mol. The number of nitrogens with two attached hydrogens (primary N) is 1. The van der Waals surface area contributed by atoms with Gasteiger partial charge in [-0.2, -0.15) is 10.4 Å². The maximum absolute atomic E-state index is 13.2. The Bertz CT molecular complexity index is 1310. The number of likely N-dealkylation sites (tertiary alicyclic amines) is 1. The van der Waals surface area contributed by atoms with Gasteiger partial charge in [0.2, 0.25) is 0 Å². The van der Waals surface area contributed by atoms with E-state index in [1.54, 1.807) is 9.58 Å². The quantitative estimate of drug-likeness (QED) is 0.566. The highest BCUT2D eigenvalue weighted by molar-refractivity contribution is 5.98. The van der Waals surface area contributed by atoms with E-state index in [1.165, 1.54) is 41.6 Å². The summed E-state index contributed by atoms with van der Waals surface area (Å²) in [5.41, 5.74) is 8.62. The summed E-state index contributed by atoms with van der Waals surface area (Å²) >= 11 is 0. The molecular formula is C26H25FN6O3. The van der Waals surface area contributed by atoms with Gasteiger partial charge in [-0.15, -0.1) is 0 Å². The molecule has 1 aliphatic carbocycles. The van der Waals surface area contributed by atoms with E-state index in [0.717, 1.165) is 0 Å². The van der Waals surface area contributed by atoms with Gasteiger partial charge < -0.3 is 20.7 Å². The van der Waals surface area contributed by atoms with Crippen molar-refractivity contribution < 1.29 is 18.7 Å². The number of halogens is 1. The Morgan fingerprint density at radius 3 is 2.47 bits per heavy atom. The van der Waals surface area contributed by atoms with E-state index < -0.39 is 17.9 Å². The highest BCUT2D eigenvalue weighted by Gasteiger charge is 2.36. The zero-order valence-electron chi connectivity index (χ0n) is 19.4. The van der Waals surface area contributed by atoms with Crippen LogP contribution in [0.1, 0.15) is 33.9 Å². The minimum atomic E-state index is -0.682. The average molecular weight is 489 g/mol. The van der Waals surface area contributed by atoms with Crippen LogP contribution in [0.25, 0.3) is 0 Å². The summed E-state index contributed by atoms with van der Waals surface area (Å²) in [4.78, 5) is 26.5. The van der Waals surface area contributed by atoms with E-state index in [0.29, 0.717) is 31.5 Å². The van der Waals surface area contributed by atoms with Crippen molar-refractivity contribution in [1.29, 1.82) is 5.26 Å². The normalized spacial score (nSPS) is 19.4. The number of hydrogen-bond donors (Lipinski definition) is 2. The molecule has 1 saturated heterocycles. The van der Waals surface area contributed by atoms with Crippen LogP contribution in [0.15, 0.2) is 54.7 Å². The van der Waals surface area contributed by atoms with E-state index in [-0.39, 0.29) is 35.9 Å². The first-order chi connectivity index (χ1) is 17.4. The fourth-order valence-corrected chi connectivity index (χ4v) is 4.87. The number of carbonyl (C=O) groups is 2. The summed E-state index contributed by atoms with van der Waals surface area (Å²) in [6.45, 7) is 0.569. The predicted molar refractivity (Wildman–Crippen MR) is 129 cm³/mol. The van der Waals surface area contributed by atoms with Crippen LogP contribution in [0.5, 0.6) is 0 Å². The van der Waals surface area contributed by atoms with E-state index in [4.69, 9.17) is 10.5 Å². The van der Waals surface area contributed by atoms with Gasteiger partial charge in [0.15, 0.2) is 5.82 Å². The zero-order valence-corrected chi connectivity index (χ0v) is 19.4. The first kappa shape index (κ1) is 23.4. The van der Waals surface area contributed by atoms with Crippen molar-refractivity contribution in [2.45, 2.75) is 31.4 Å². The lowest BCUT2D eigenvalue weighted by molar-refractivity contribution is 0.0499. The lowest BCUT2D eigenvalue weighted by atomic mass is 9.94. The number of benzene rings is 2. The first-order valence-electron chi connectivity index (χ1n) is 11.7. The van der Waals surface area contributed by atoms with Gasteiger partial charge in [-0.05, 0) is 41.8 Å². The smallest absolute Gasteiger partial charge is 0.410 e. The third kappa shape index (κ3) is 4.73. The van der Waals surface area contributed by atoms with Crippen molar-refractivity contribution in [1.82, 2.24) is 14.7 Å². The number of primary amides is 1. The van der Waals surface area contributed by atoms with Crippen LogP contribution in [0.3, 0.4) is 0 Å². The predicted octanol–water partition coefficient (Wildman–Crippen LogP) is 3.56. The molecule has 1 aliphatic heterocycles.